The highest BCUT2D eigenvalue weighted by Crippen LogP contribution is 2.24. The van der Waals surface area contributed by atoms with Gasteiger partial charge in [0.05, 0.1) is 22.1 Å². The van der Waals surface area contributed by atoms with E-state index in [-0.39, 0.29) is 0 Å². The van der Waals surface area contributed by atoms with Gasteiger partial charge in [0.25, 0.3) is 0 Å². The molecule has 0 bridgehead atoms. The first-order valence-electron chi connectivity index (χ1n) is 6.06. The lowest BCUT2D eigenvalue weighted by Gasteiger charge is -2.10. The molecule has 2 N–H and O–H groups in total. The van der Waals surface area contributed by atoms with E-state index in [0.717, 1.165) is 28.5 Å². The molecule has 0 fully saturated rings. The molecule has 2 aromatic rings. The van der Waals surface area contributed by atoms with E-state index in [1.807, 2.05) is 18.5 Å². The van der Waals surface area contributed by atoms with Gasteiger partial charge in [0.2, 0.25) is 0 Å². The van der Waals surface area contributed by atoms with Gasteiger partial charge in [-0.05, 0) is 50.9 Å². The van der Waals surface area contributed by atoms with Crippen LogP contribution >= 0.6 is 11.6 Å². The molecule has 0 spiro atoms. The molecule has 1 heterocycles. The van der Waals surface area contributed by atoms with E-state index < -0.39 is 0 Å². The Hall–Kier alpha value is -1.32. The van der Waals surface area contributed by atoms with Gasteiger partial charge < -0.3 is 5.73 Å². The predicted octanol–water partition coefficient (Wildman–Crippen LogP) is 2.95. The normalized spacial score (nSPS) is 10.9. The summed E-state index contributed by atoms with van der Waals surface area (Å²) in [4.78, 5) is 0. The van der Waals surface area contributed by atoms with Crippen LogP contribution in [-0.2, 0) is 6.42 Å². The molecule has 0 unspecified atom stereocenters. The summed E-state index contributed by atoms with van der Waals surface area (Å²) < 4.78 is 1.90. The number of aryl methyl sites for hydroxylation is 2. The van der Waals surface area contributed by atoms with Crippen molar-refractivity contribution in [3.63, 3.8) is 0 Å². The van der Waals surface area contributed by atoms with E-state index in [9.17, 15) is 0 Å². The van der Waals surface area contributed by atoms with E-state index in [4.69, 9.17) is 17.3 Å². The summed E-state index contributed by atoms with van der Waals surface area (Å²) in [6, 6.07) is 6.34. The maximum atomic E-state index is 6.18. The molecule has 0 aliphatic rings. The van der Waals surface area contributed by atoms with Crippen LogP contribution in [0, 0.1) is 20.8 Å². The fourth-order valence-corrected chi connectivity index (χ4v) is 2.25. The van der Waals surface area contributed by atoms with Gasteiger partial charge in [-0.2, -0.15) is 5.10 Å². The Morgan fingerprint density at radius 2 is 2.00 bits per heavy atom. The van der Waals surface area contributed by atoms with Crippen LogP contribution in [0.3, 0.4) is 0 Å². The fourth-order valence-electron chi connectivity index (χ4n) is 2.14. The zero-order valence-electron chi connectivity index (χ0n) is 11.0. The minimum Gasteiger partial charge on any atom is -0.330 e. The van der Waals surface area contributed by atoms with Crippen LogP contribution in [0.2, 0.25) is 5.02 Å². The highest BCUT2D eigenvalue weighted by Gasteiger charge is 2.12. The van der Waals surface area contributed by atoms with Crippen LogP contribution in [0.4, 0.5) is 0 Å². The van der Waals surface area contributed by atoms with Crippen molar-refractivity contribution in [2.75, 3.05) is 6.54 Å². The summed E-state index contributed by atoms with van der Waals surface area (Å²) >= 11 is 6.18. The average Bonchev–Trinajstić information content (AvgIpc) is 2.58. The molecule has 3 nitrogen and oxygen atoms in total. The fraction of sp³-hybridized carbons (Fsp3) is 0.357. The van der Waals surface area contributed by atoms with E-state index in [1.54, 1.807) is 0 Å². The summed E-state index contributed by atoms with van der Waals surface area (Å²) in [5.74, 6) is 0. The number of benzene rings is 1. The lowest BCUT2D eigenvalue weighted by atomic mass is 10.1. The first-order valence-corrected chi connectivity index (χ1v) is 6.44. The SMILES string of the molecule is Cc1cc(CCN)ccc1-n1nc(C)c(Cl)c1C. The van der Waals surface area contributed by atoms with Crippen molar-refractivity contribution in [1.29, 1.82) is 0 Å². The summed E-state index contributed by atoms with van der Waals surface area (Å²) in [7, 11) is 0. The van der Waals surface area contributed by atoms with Crippen LogP contribution in [0.15, 0.2) is 18.2 Å². The highest BCUT2D eigenvalue weighted by molar-refractivity contribution is 6.31. The van der Waals surface area contributed by atoms with Crippen LogP contribution in [-0.4, -0.2) is 16.3 Å². The smallest absolute Gasteiger partial charge is 0.0848 e. The first kappa shape index (κ1) is 13.1. The first-order chi connectivity index (χ1) is 8.54. The quantitative estimate of drug-likeness (QED) is 0.925. The van der Waals surface area contributed by atoms with Gasteiger partial charge in [-0.25, -0.2) is 4.68 Å². The molecule has 0 saturated heterocycles. The Kier molecular flexibility index (Phi) is 3.73. The van der Waals surface area contributed by atoms with E-state index in [2.05, 4.69) is 30.2 Å². The third-order valence-electron chi connectivity index (χ3n) is 3.13. The summed E-state index contributed by atoms with van der Waals surface area (Å²) in [5, 5.41) is 5.21. The van der Waals surface area contributed by atoms with Gasteiger partial charge in [0, 0.05) is 0 Å². The second kappa shape index (κ2) is 5.12. The minimum atomic E-state index is 0.671. The summed E-state index contributed by atoms with van der Waals surface area (Å²) in [6.45, 7) is 6.66. The number of hydrogen-bond donors (Lipinski definition) is 1. The minimum absolute atomic E-state index is 0.671. The lowest BCUT2D eigenvalue weighted by molar-refractivity contribution is 0.825. The van der Waals surface area contributed by atoms with Gasteiger partial charge >= 0.3 is 0 Å². The zero-order chi connectivity index (χ0) is 13.3. The Balaban J connectivity index is 2.48. The molecule has 0 amide bonds. The monoisotopic (exact) mass is 263 g/mol. The van der Waals surface area contributed by atoms with Crippen molar-refractivity contribution >= 4 is 11.6 Å². The Morgan fingerprint density at radius 3 is 2.50 bits per heavy atom. The van der Waals surface area contributed by atoms with Crippen molar-refractivity contribution in [3.05, 3.63) is 45.7 Å². The molecule has 0 atom stereocenters. The van der Waals surface area contributed by atoms with Gasteiger partial charge in [0.15, 0.2) is 0 Å². The Morgan fingerprint density at radius 1 is 1.28 bits per heavy atom. The van der Waals surface area contributed by atoms with Crippen molar-refractivity contribution in [1.82, 2.24) is 9.78 Å². The van der Waals surface area contributed by atoms with Crippen molar-refractivity contribution in [3.8, 4) is 5.69 Å². The number of nitrogens with zero attached hydrogens (tertiary/aromatic N) is 2. The molecular formula is C14H18ClN3. The molecule has 2 rings (SSSR count). The lowest BCUT2D eigenvalue weighted by Crippen LogP contribution is -2.05. The number of hydrogen-bond acceptors (Lipinski definition) is 2. The number of aromatic nitrogens is 2. The van der Waals surface area contributed by atoms with E-state index >= 15 is 0 Å². The molecule has 0 aliphatic heterocycles. The average molecular weight is 264 g/mol. The summed E-state index contributed by atoms with van der Waals surface area (Å²) in [6.07, 6.45) is 0.902. The molecule has 1 aromatic heterocycles. The second-order valence-electron chi connectivity index (χ2n) is 4.56. The van der Waals surface area contributed by atoms with Crippen molar-refractivity contribution < 1.29 is 0 Å². The zero-order valence-corrected chi connectivity index (χ0v) is 11.8. The van der Waals surface area contributed by atoms with Gasteiger partial charge in [-0.15, -0.1) is 0 Å². The van der Waals surface area contributed by atoms with Crippen LogP contribution in [0.5, 0.6) is 0 Å². The number of nitrogens with two attached hydrogens (primary N) is 1. The third kappa shape index (κ3) is 2.28. The second-order valence-corrected chi connectivity index (χ2v) is 4.93. The van der Waals surface area contributed by atoms with Crippen molar-refractivity contribution in [2.45, 2.75) is 27.2 Å². The van der Waals surface area contributed by atoms with E-state index in [0.29, 0.717) is 6.54 Å². The molecule has 0 saturated carbocycles. The van der Waals surface area contributed by atoms with Gasteiger partial charge in [-0.1, -0.05) is 23.7 Å². The molecule has 0 radical (unpaired) electrons. The largest absolute Gasteiger partial charge is 0.330 e. The molecule has 4 heteroatoms. The molecular weight excluding hydrogens is 246 g/mol. The maximum Gasteiger partial charge on any atom is 0.0848 e. The molecule has 0 aliphatic carbocycles. The van der Waals surface area contributed by atoms with Crippen LogP contribution in [0.25, 0.3) is 5.69 Å². The van der Waals surface area contributed by atoms with Gasteiger partial charge in [-0.3, -0.25) is 0 Å². The summed E-state index contributed by atoms with van der Waals surface area (Å²) in [5.41, 5.74) is 10.9. The molecule has 96 valence electrons. The van der Waals surface area contributed by atoms with Crippen LogP contribution in [0.1, 0.15) is 22.5 Å². The predicted molar refractivity (Wildman–Crippen MR) is 75.5 cm³/mol. The number of halogens is 1. The topological polar surface area (TPSA) is 43.8 Å². The highest BCUT2D eigenvalue weighted by atomic mass is 35.5. The van der Waals surface area contributed by atoms with Crippen LogP contribution < -0.4 is 5.73 Å². The Bertz CT molecular complexity index is 573. The molecule has 18 heavy (non-hydrogen) atoms. The van der Waals surface area contributed by atoms with E-state index in [1.165, 1.54) is 11.1 Å². The van der Waals surface area contributed by atoms with Gasteiger partial charge in [0.1, 0.15) is 0 Å². The van der Waals surface area contributed by atoms with Crippen molar-refractivity contribution in [2.24, 2.45) is 5.73 Å². The Labute approximate surface area is 113 Å². The maximum absolute atomic E-state index is 6.18. The number of rotatable bonds is 3. The third-order valence-corrected chi connectivity index (χ3v) is 3.67. The standard InChI is InChI=1S/C14H18ClN3/c1-9-8-12(6-7-16)4-5-13(9)18-11(3)14(15)10(2)17-18/h4-5,8H,6-7,16H2,1-3H3. The molecule has 1 aromatic carbocycles.